The Kier molecular flexibility index (Phi) is 4.23. The number of rotatable bonds is 3. The summed E-state index contributed by atoms with van der Waals surface area (Å²) in [6, 6.07) is 10.3. The van der Waals surface area contributed by atoms with Gasteiger partial charge in [-0.25, -0.2) is 0 Å². The maximum atomic E-state index is 12.3. The summed E-state index contributed by atoms with van der Waals surface area (Å²) in [5, 5.41) is 3.06. The van der Waals surface area contributed by atoms with Crippen LogP contribution in [0.1, 0.15) is 58.5 Å². The van der Waals surface area contributed by atoms with Crippen molar-refractivity contribution in [3.05, 3.63) is 64.5 Å². The first kappa shape index (κ1) is 14.8. The van der Waals surface area contributed by atoms with Gasteiger partial charge >= 0.3 is 0 Å². The molecule has 0 spiro atoms. The van der Waals surface area contributed by atoms with E-state index in [-0.39, 0.29) is 11.9 Å². The molecule has 0 fully saturated rings. The van der Waals surface area contributed by atoms with E-state index < -0.39 is 0 Å². The molecule has 1 aromatic carbocycles. The number of hydrogen-bond donors (Lipinski definition) is 1. The molecule has 1 atom stereocenters. The molecule has 1 aliphatic carbocycles. The summed E-state index contributed by atoms with van der Waals surface area (Å²) in [4.78, 5) is 16.5. The molecule has 1 heterocycles. The van der Waals surface area contributed by atoms with E-state index in [0.29, 0.717) is 5.56 Å². The monoisotopic (exact) mass is 294 g/mol. The molecule has 0 aliphatic heterocycles. The van der Waals surface area contributed by atoms with Gasteiger partial charge in [0.25, 0.3) is 5.91 Å². The van der Waals surface area contributed by atoms with E-state index in [9.17, 15) is 4.79 Å². The number of pyridine rings is 1. The van der Waals surface area contributed by atoms with Gasteiger partial charge in [-0.3, -0.25) is 9.78 Å². The minimum Gasteiger partial charge on any atom is -0.345 e. The standard InChI is InChI=1S/C19H22N2O/c1-13-7-8-18(12-20-13)19(22)21-14(2)16-10-9-15-5-3-4-6-17(15)11-16/h7-12,14H,3-6H2,1-2H3,(H,21,22). The van der Waals surface area contributed by atoms with Crippen LogP contribution in [-0.2, 0) is 12.8 Å². The molecule has 3 rings (SSSR count). The average Bonchev–Trinajstić information content (AvgIpc) is 2.55. The van der Waals surface area contributed by atoms with Gasteiger partial charge in [-0.1, -0.05) is 18.2 Å². The lowest BCUT2D eigenvalue weighted by Crippen LogP contribution is -2.27. The number of benzene rings is 1. The van der Waals surface area contributed by atoms with Gasteiger partial charge in [-0.15, -0.1) is 0 Å². The largest absolute Gasteiger partial charge is 0.345 e. The highest BCUT2D eigenvalue weighted by Crippen LogP contribution is 2.24. The van der Waals surface area contributed by atoms with E-state index in [4.69, 9.17) is 0 Å². The van der Waals surface area contributed by atoms with Gasteiger partial charge in [0.1, 0.15) is 0 Å². The SMILES string of the molecule is Cc1ccc(C(=O)NC(C)c2ccc3c(c2)CCCC3)cn1. The lowest BCUT2D eigenvalue weighted by atomic mass is 9.89. The van der Waals surface area contributed by atoms with Crippen molar-refractivity contribution < 1.29 is 4.79 Å². The van der Waals surface area contributed by atoms with Crippen molar-refractivity contribution in [3.63, 3.8) is 0 Å². The number of hydrogen-bond acceptors (Lipinski definition) is 2. The van der Waals surface area contributed by atoms with Crippen LogP contribution in [0.3, 0.4) is 0 Å². The van der Waals surface area contributed by atoms with Crippen molar-refractivity contribution in [2.75, 3.05) is 0 Å². The van der Waals surface area contributed by atoms with Crippen molar-refractivity contribution in [3.8, 4) is 0 Å². The highest BCUT2D eigenvalue weighted by Gasteiger charge is 2.15. The molecule has 0 bridgehead atoms. The third kappa shape index (κ3) is 3.19. The quantitative estimate of drug-likeness (QED) is 0.936. The van der Waals surface area contributed by atoms with Gasteiger partial charge in [-0.2, -0.15) is 0 Å². The van der Waals surface area contributed by atoms with E-state index in [1.165, 1.54) is 36.0 Å². The first-order valence-corrected chi connectivity index (χ1v) is 7.99. The molecule has 1 aromatic heterocycles. The zero-order valence-electron chi connectivity index (χ0n) is 13.2. The number of nitrogens with one attached hydrogen (secondary N) is 1. The molecule has 1 unspecified atom stereocenters. The molecule has 1 amide bonds. The normalized spacial score (nSPS) is 15.0. The Morgan fingerprint density at radius 1 is 1.14 bits per heavy atom. The summed E-state index contributed by atoms with van der Waals surface area (Å²) in [6.45, 7) is 3.95. The van der Waals surface area contributed by atoms with Gasteiger partial charge < -0.3 is 5.32 Å². The van der Waals surface area contributed by atoms with Crippen molar-refractivity contribution in [2.45, 2.75) is 45.6 Å². The van der Waals surface area contributed by atoms with E-state index >= 15 is 0 Å². The summed E-state index contributed by atoms with van der Waals surface area (Å²) in [5.74, 6) is -0.0716. The number of aromatic nitrogens is 1. The lowest BCUT2D eigenvalue weighted by molar-refractivity contribution is 0.0939. The minimum absolute atomic E-state index is 0.000953. The Balaban J connectivity index is 1.72. The average molecular weight is 294 g/mol. The van der Waals surface area contributed by atoms with Crippen molar-refractivity contribution in [2.24, 2.45) is 0 Å². The van der Waals surface area contributed by atoms with Crippen LogP contribution in [0.4, 0.5) is 0 Å². The number of carbonyl (C=O) groups is 1. The highest BCUT2D eigenvalue weighted by molar-refractivity contribution is 5.94. The molecule has 0 saturated heterocycles. The van der Waals surface area contributed by atoms with Crippen LogP contribution in [0.2, 0.25) is 0 Å². The Morgan fingerprint density at radius 2 is 1.91 bits per heavy atom. The van der Waals surface area contributed by atoms with E-state index in [0.717, 1.165) is 12.1 Å². The molecule has 3 nitrogen and oxygen atoms in total. The molecule has 1 aliphatic rings. The molecule has 22 heavy (non-hydrogen) atoms. The summed E-state index contributed by atoms with van der Waals surface area (Å²) < 4.78 is 0. The van der Waals surface area contributed by atoms with Crippen LogP contribution >= 0.6 is 0 Å². The van der Waals surface area contributed by atoms with Crippen LogP contribution in [-0.4, -0.2) is 10.9 Å². The molecule has 0 saturated carbocycles. The first-order chi connectivity index (χ1) is 10.6. The number of aryl methyl sites for hydroxylation is 3. The predicted molar refractivity (Wildman–Crippen MR) is 87.9 cm³/mol. The summed E-state index contributed by atoms with van der Waals surface area (Å²) in [7, 11) is 0. The maximum Gasteiger partial charge on any atom is 0.253 e. The van der Waals surface area contributed by atoms with Crippen LogP contribution in [0, 0.1) is 6.92 Å². The van der Waals surface area contributed by atoms with E-state index in [1.54, 1.807) is 6.20 Å². The molecular formula is C19H22N2O. The Bertz CT molecular complexity index is 676. The Labute approximate surface area is 131 Å². The second kappa shape index (κ2) is 6.30. The molecule has 1 N–H and O–H groups in total. The molecule has 3 heteroatoms. The van der Waals surface area contributed by atoms with Crippen LogP contribution in [0.25, 0.3) is 0 Å². The Hall–Kier alpha value is -2.16. The van der Waals surface area contributed by atoms with E-state index in [2.05, 4.69) is 28.5 Å². The maximum absolute atomic E-state index is 12.3. The van der Waals surface area contributed by atoms with Crippen LogP contribution < -0.4 is 5.32 Å². The fourth-order valence-corrected chi connectivity index (χ4v) is 2.99. The fourth-order valence-electron chi connectivity index (χ4n) is 2.99. The van der Waals surface area contributed by atoms with E-state index in [1.807, 2.05) is 26.0 Å². The Morgan fingerprint density at radius 3 is 2.64 bits per heavy atom. The van der Waals surface area contributed by atoms with Gasteiger partial charge in [0.2, 0.25) is 0 Å². The van der Waals surface area contributed by atoms with Gasteiger partial charge in [0.15, 0.2) is 0 Å². The first-order valence-electron chi connectivity index (χ1n) is 7.99. The van der Waals surface area contributed by atoms with Gasteiger partial charge in [-0.05, 0) is 68.4 Å². The number of fused-ring (bicyclic) bond motifs is 1. The topological polar surface area (TPSA) is 42.0 Å². The van der Waals surface area contributed by atoms with Crippen molar-refractivity contribution in [1.29, 1.82) is 0 Å². The van der Waals surface area contributed by atoms with Gasteiger partial charge in [0.05, 0.1) is 11.6 Å². The minimum atomic E-state index is -0.0716. The molecule has 0 radical (unpaired) electrons. The van der Waals surface area contributed by atoms with Crippen molar-refractivity contribution in [1.82, 2.24) is 10.3 Å². The smallest absolute Gasteiger partial charge is 0.253 e. The zero-order valence-corrected chi connectivity index (χ0v) is 13.2. The number of carbonyl (C=O) groups excluding carboxylic acids is 1. The van der Waals surface area contributed by atoms with Crippen LogP contribution in [0.5, 0.6) is 0 Å². The molecule has 2 aromatic rings. The third-order valence-electron chi connectivity index (χ3n) is 4.39. The number of nitrogens with zero attached hydrogens (tertiary/aromatic N) is 1. The fraction of sp³-hybridized carbons (Fsp3) is 0.368. The lowest BCUT2D eigenvalue weighted by Gasteiger charge is -2.20. The number of amides is 1. The molecular weight excluding hydrogens is 272 g/mol. The third-order valence-corrected chi connectivity index (χ3v) is 4.39. The van der Waals surface area contributed by atoms with Crippen molar-refractivity contribution >= 4 is 5.91 Å². The predicted octanol–water partition coefficient (Wildman–Crippen LogP) is 3.76. The summed E-state index contributed by atoms with van der Waals surface area (Å²) in [6.07, 6.45) is 6.53. The zero-order chi connectivity index (χ0) is 15.5. The second-order valence-electron chi connectivity index (χ2n) is 6.12. The van der Waals surface area contributed by atoms with Crippen LogP contribution in [0.15, 0.2) is 36.5 Å². The molecule has 114 valence electrons. The summed E-state index contributed by atoms with van der Waals surface area (Å²) >= 11 is 0. The second-order valence-corrected chi connectivity index (χ2v) is 6.12. The summed E-state index contributed by atoms with van der Waals surface area (Å²) in [5.41, 5.74) is 5.61. The van der Waals surface area contributed by atoms with Gasteiger partial charge in [0, 0.05) is 11.9 Å². The highest BCUT2D eigenvalue weighted by atomic mass is 16.1.